The molecule has 1 fully saturated rings. The van der Waals surface area contributed by atoms with Gasteiger partial charge in [0.2, 0.25) is 0 Å². The largest absolute Gasteiger partial charge is 0.353 e. The van der Waals surface area contributed by atoms with Gasteiger partial charge in [-0.25, -0.2) is 0 Å². The number of benzene rings is 1. The zero-order valence-electron chi connectivity index (χ0n) is 12.5. The third-order valence-corrected chi connectivity index (χ3v) is 3.67. The van der Waals surface area contributed by atoms with Gasteiger partial charge in [-0.1, -0.05) is 35.9 Å². The number of hydrogen-bond donors (Lipinski definition) is 0. The summed E-state index contributed by atoms with van der Waals surface area (Å²) in [6, 6.07) is 10.6. The summed E-state index contributed by atoms with van der Waals surface area (Å²) >= 11 is 0. The van der Waals surface area contributed by atoms with E-state index < -0.39 is 0 Å². The van der Waals surface area contributed by atoms with Crippen molar-refractivity contribution in [3.8, 4) is 0 Å². The minimum absolute atomic E-state index is 0.0115. The van der Waals surface area contributed by atoms with E-state index >= 15 is 0 Å². The zero-order valence-corrected chi connectivity index (χ0v) is 12.5. The van der Waals surface area contributed by atoms with Gasteiger partial charge in [0.25, 0.3) is 0 Å². The molecule has 0 saturated carbocycles. The molecule has 0 amide bonds. The van der Waals surface area contributed by atoms with Crippen molar-refractivity contribution in [3.63, 3.8) is 0 Å². The van der Waals surface area contributed by atoms with Gasteiger partial charge in [-0.3, -0.25) is 0 Å². The first-order valence-corrected chi connectivity index (χ1v) is 7.69. The van der Waals surface area contributed by atoms with E-state index in [1.165, 1.54) is 17.6 Å². The third-order valence-electron chi connectivity index (χ3n) is 3.67. The molecule has 2 nitrogen and oxygen atoms in total. The maximum Gasteiger partial charge on any atom is 0.157 e. The second-order valence-corrected chi connectivity index (χ2v) is 5.74. The van der Waals surface area contributed by atoms with Crippen LogP contribution in [0, 0.1) is 0 Å². The Balaban J connectivity index is 1.70. The fourth-order valence-corrected chi connectivity index (χ4v) is 2.60. The van der Waals surface area contributed by atoms with Crippen LogP contribution in [0.5, 0.6) is 0 Å². The highest BCUT2D eigenvalue weighted by Crippen LogP contribution is 2.23. The number of allylic oxidation sites excluding steroid dienone is 1. The Labute approximate surface area is 122 Å². The summed E-state index contributed by atoms with van der Waals surface area (Å²) < 4.78 is 11.9. The smallest absolute Gasteiger partial charge is 0.157 e. The van der Waals surface area contributed by atoms with Gasteiger partial charge in [0.15, 0.2) is 6.29 Å². The van der Waals surface area contributed by atoms with E-state index in [4.69, 9.17) is 9.47 Å². The van der Waals surface area contributed by atoms with E-state index in [0.29, 0.717) is 6.10 Å². The van der Waals surface area contributed by atoms with Gasteiger partial charge in [-0.2, -0.15) is 0 Å². The normalized spacial score (nSPS) is 22.6. The zero-order chi connectivity index (χ0) is 14.2. The molecule has 2 atom stereocenters. The molecule has 0 aromatic heterocycles. The van der Waals surface area contributed by atoms with Crippen LogP contribution in [0.2, 0.25) is 0 Å². The van der Waals surface area contributed by atoms with Crippen LogP contribution < -0.4 is 0 Å². The van der Waals surface area contributed by atoms with Crippen LogP contribution >= 0.6 is 0 Å². The van der Waals surface area contributed by atoms with E-state index in [0.717, 1.165) is 38.7 Å². The highest BCUT2D eigenvalue weighted by atomic mass is 16.7. The Hall–Kier alpha value is -1.12. The Kier molecular flexibility index (Phi) is 6.28. The van der Waals surface area contributed by atoms with Gasteiger partial charge in [0.1, 0.15) is 0 Å². The van der Waals surface area contributed by atoms with Crippen LogP contribution in [0.3, 0.4) is 0 Å². The van der Waals surface area contributed by atoms with Crippen LogP contribution in [0.25, 0.3) is 0 Å². The Morgan fingerprint density at radius 2 is 2.10 bits per heavy atom. The van der Waals surface area contributed by atoms with Gasteiger partial charge in [0, 0.05) is 0 Å². The van der Waals surface area contributed by atoms with Gasteiger partial charge in [0.05, 0.1) is 12.7 Å². The minimum Gasteiger partial charge on any atom is -0.353 e. The van der Waals surface area contributed by atoms with Gasteiger partial charge in [-0.15, -0.1) is 6.58 Å². The average Bonchev–Trinajstić information content (AvgIpc) is 2.45. The highest BCUT2D eigenvalue weighted by Gasteiger charge is 2.22. The van der Waals surface area contributed by atoms with E-state index in [9.17, 15) is 0 Å². The first-order chi connectivity index (χ1) is 9.74. The van der Waals surface area contributed by atoms with Gasteiger partial charge < -0.3 is 9.47 Å². The van der Waals surface area contributed by atoms with Crippen LogP contribution in [-0.2, 0) is 15.9 Å². The Morgan fingerprint density at radius 3 is 2.85 bits per heavy atom. The molecule has 1 aliphatic rings. The second-order valence-electron chi connectivity index (χ2n) is 5.74. The van der Waals surface area contributed by atoms with Crippen LogP contribution in [0.4, 0.5) is 0 Å². The summed E-state index contributed by atoms with van der Waals surface area (Å²) in [7, 11) is 0. The van der Waals surface area contributed by atoms with E-state index in [2.05, 4.69) is 43.8 Å². The molecule has 1 aliphatic heterocycles. The average molecular weight is 274 g/mol. The van der Waals surface area contributed by atoms with Gasteiger partial charge >= 0.3 is 0 Å². The first-order valence-electron chi connectivity index (χ1n) is 7.69. The molecule has 0 aliphatic carbocycles. The summed E-state index contributed by atoms with van der Waals surface area (Å²) in [5.74, 6) is 0. The summed E-state index contributed by atoms with van der Waals surface area (Å²) in [5.41, 5.74) is 2.57. The predicted molar refractivity (Wildman–Crippen MR) is 82.7 cm³/mol. The molecule has 1 aromatic rings. The molecule has 2 rings (SSSR count). The molecule has 20 heavy (non-hydrogen) atoms. The Bertz CT molecular complexity index is 399. The molecule has 0 radical (unpaired) electrons. The lowest BCUT2D eigenvalue weighted by Crippen LogP contribution is -2.31. The van der Waals surface area contributed by atoms with Crippen LogP contribution in [-0.4, -0.2) is 19.0 Å². The molecule has 1 saturated heterocycles. The summed E-state index contributed by atoms with van der Waals surface area (Å²) in [6.07, 6.45) is 6.73. The lowest BCUT2D eigenvalue weighted by molar-refractivity contribution is -0.193. The third kappa shape index (κ3) is 5.48. The van der Waals surface area contributed by atoms with Crippen molar-refractivity contribution in [3.05, 3.63) is 48.0 Å². The SMILES string of the molecule is C=C(C)CCCO[C@@H]1CCC[C@H](Cc2ccccc2)O1. The molecule has 1 heterocycles. The Morgan fingerprint density at radius 1 is 1.30 bits per heavy atom. The number of ether oxygens (including phenoxy) is 2. The molecule has 0 N–H and O–H groups in total. The van der Waals surface area contributed by atoms with Crippen molar-refractivity contribution in [1.29, 1.82) is 0 Å². The van der Waals surface area contributed by atoms with E-state index in [1.807, 2.05) is 0 Å². The minimum atomic E-state index is -0.0115. The summed E-state index contributed by atoms with van der Waals surface area (Å²) in [4.78, 5) is 0. The quantitative estimate of drug-likeness (QED) is 0.538. The predicted octanol–water partition coefficient (Wildman–Crippen LogP) is 4.50. The fraction of sp³-hybridized carbons (Fsp3) is 0.556. The van der Waals surface area contributed by atoms with Crippen molar-refractivity contribution < 1.29 is 9.47 Å². The van der Waals surface area contributed by atoms with Crippen molar-refractivity contribution in [2.75, 3.05) is 6.61 Å². The number of hydrogen-bond acceptors (Lipinski definition) is 2. The maximum absolute atomic E-state index is 6.05. The monoisotopic (exact) mass is 274 g/mol. The molecule has 110 valence electrons. The summed E-state index contributed by atoms with van der Waals surface area (Å²) in [5, 5.41) is 0. The summed E-state index contributed by atoms with van der Waals surface area (Å²) in [6.45, 7) is 6.75. The van der Waals surface area contributed by atoms with E-state index in [-0.39, 0.29) is 6.29 Å². The van der Waals surface area contributed by atoms with Crippen LogP contribution in [0.1, 0.15) is 44.6 Å². The molecular weight excluding hydrogens is 248 g/mol. The maximum atomic E-state index is 6.05. The fourth-order valence-electron chi connectivity index (χ4n) is 2.60. The number of rotatable bonds is 7. The molecule has 1 aromatic carbocycles. The molecule has 0 bridgehead atoms. The highest BCUT2D eigenvalue weighted by molar-refractivity contribution is 5.15. The molecular formula is C18H26O2. The molecule has 0 unspecified atom stereocenters. The van der Waals surface area contributed by atoms with Gasteiger partial charge in [-0.05, 0) is 51.0 Å². The topological polar surface area (TPSA) is 18.5 Å². The lowest BCUT2D eigenvalue weighted by Gasteiger charge is -2.30. The van der Waals surface area contributed by atoms with Crippen LogP contribution in [0.15, 0.2) is 42.5 Å². The standard InChI is InChI=1S/C18H26O2/c1-15(2)8-7-13-19-18-12-6-11-17(20-18)14-16-9-4-3-5-10-16/h3-5,9-10,17-18H,1,6-8,11-14H2,2H3/t17-,18+/m1/s1. The first kappa shape index (κ1) is 15.3. The molecule has 2 heteroatoms. The lowest BCUT2D eigenvalue weighted by atomic mass is 10.0. The second kappa shape index (κ2) is 8.23. The van der Waals surface area contributed by atoms with Crippen molar-refractivity contribution >= 4 is 0 Å². The van der Waals surface area contributed by atoms with Crippen molar-refractivity contribution in [2.45, 2.75) is 57.8 Å². The van der Waals surface area contributed by atoms with E-state index in [1.54, 1.807) is 0 Å². The molecule has 0 spiro atoms. The van der Waals surface area contributed by atoms with Crippen molar-refractivity contribution in [2.24, 2.45) is 0 Å². The van der Waals surface area contributed by atoms with Crippen molar-refractivity contribution in [1.82, 2.24) is 0 Å².